The number of carbonyl (C=O) groups excluding carboxylic acids is 2. The molecule has 0 saturated carbocycles. The van der Waals surface area contributed by atoms with Gasteiger partial charge in [0, 0.05) is 25.3 Å². The Hall–Kier alpha value is -2.98. The second-order valence-corrected chi connectivity index (χ2v) is 9.49. The number of urea groups is 1. The number of hydrogen-bond acceptors (Lipinski definition) is 4. The van der Waals surface area contributed by atoms with Crippen LogP contribution in [-0.2, 0) is 21.4 Å². The van der Waals surface area contributed by atoms with E-state index < -0.39 is 22.0 Å². The maximum absolute atomic E-state index is 12.9. The number of rotatable bonds is 7. The van der Waals surface area contributed by atoms with Gasteiger partial charge >= 0.3 is 6.03 Å². The second kappa shape index (κ2) is 11.1. The first-order chi connectivity index (χ1) is 15.3. The Morgan fingerprint density at radius 2 is 1.62 bits per heavy atom. The number of halogens is 1. The monoisotopic (exact) mass is 462 g/mol. The lowest BCUT2D eigenvalue weighted by atomic mass is 10.2. The molecule has 0 aromatic heterocycles. The van der Waals surface area contributed by atoms with Gasteiger partial charge in [0.05, 0.1) is 11.4 Å². The molecule has 2 aromatic rings. The summed E-state index contributed by atoms with van der Waals surface area (Å²) in [5.41, 5.74) is 1.05. The molecule has 3 amide bonds. The molecule has 172 valence electrons. The summed E-state index contributed by atoms with van der Waals surface area (Å²) in [4.78, 5) is 24.2. The quantitative estimate of drug-likeness (QED) is 0.588. The Morgan fingerprint density at radius 3 is 2.31 bits per heavy atom. The third-order valence-corrected chi connectivity index (χ3v) is 6.99. The van der Waals surface area contributed by atoms with Crippen molar-refractivity contribution in [1.29, 1.82) is 0 Å². The van der Waals surface area contributed by atoms with Gasteiger partial charge in [0.15, 0.2) is 0 Å². The Bertz CT molecular complexity index is 1040. The Balaban J connectivity index is 1.50. The van der Waals surface area contributed by atoms with E-state index in [4.69, 9.17) is 0 Å². The van der Waals surface area contributed by atoms with E-state index >= 15 is 0 Å². The predicted octanol–water partition coefficient (Wildman–Crippen LogP) is 2.83. The zero-order valence-electron chi connectivity index (χ0n) is 17.6. The summed E-state index contributed by atoms with van der Waals surface area (Å²) in [5, 5.41) is 7.59. The zero-order valence-corrected chi connectivity index (χ0v) is 18.5. The minimum absolute atomic E-state index is 0.127. The van der Waals surface area contributed by atoms with Crippen molar-refractivity contribution in [2.24, 2.45) is 0 Å². The molecule has 8 nitrogen and oxygen atoms in total. The lowest BCUT2D eigenvalue weighted by Crippen LogP contribution is -2.39. The summed E-state index contributed by atoms with van der Waals surface area (Å²) in [6, 6.07) is 11.2. The van der Waals surface area contributed by atoms with Crippen LogP contribution in [0.15, 0.2) is 53.4 Å². The van der Waals surface area contributed by atoms with Crippen LogP contribution in [0.5, 0.6) is 0 Å². The van der Waals surface area contributed by atoms with Crippen molar-refractivity contribution in [3.63, 3.8) is 0 Å². The predicted molar refractivity (Wildman–Crippen MR) is 119 cm³/mol. The molecule has 0 bridgehead atoms. The maximum atomic E-state index is 12.9. The lowest BCUT2D eigenvalue weighted by Gasteiger charge is -2.20. The van der Waals surface area contributed by atoms with Crippen molar-refractivity contribution in [2.75, 3.05) is 25.0 Å². The van der Waals surface area contributed by atoms with Gasteiger partial charge in [-0.25, -0.2) is 17.6 Å². The Morgan fingerprint density at radius 1 is 0.938 bits per heavy atom. The first-order valence-corrected chi connectivity index (χ1v) is 11.9. The van der Waals surface area contributed by atoms with Gasteiger partial charge in [-0.15, -0.1) is 0 Å². The van der Waals surface area contributed by atoms with Gasteiger partial charge in [-0.3, -0.25) is 4.79 Å². The molecule has 0 aliphatic carbocycles. The van der Waals surface area contributed by atoms with Crippen LogP contribution >= 0.6 is 0 Å². The fourth-order valence-electron chi connectivity index (χ4n) is 3.38. The minimum atomic E-state index is -3.63. The van der Waals surface area contributed by atoms with Gasteiger partial charge in [0.25, 0.3) is 0 Å². The van der Waals surface area contributed by atoms with E-state index in [1.54, 1.807) is 24.3 Å². The number of hydrogen-bond donors (Lipinski definition) is 3. The molecule has 1 saturated heterocycles. The Kier molecular flexibility index (Phi) is 8.18. The van der Waals surface area contributed by atoms with Crippen molar-refractivity contribution >= 4 is 27.6 Å². The van der Waals surface area contributed by atoms with Gasteiger partial charge in [-0.2, -0.15) is 4.31 Å². The highest BCUT2D eigenvalue weighted by atomic mass is 32.2. The molecule has 1 heterocycles. The van der Waals surface area contributed by atoms with Gasteiger partial charge in [-0.05, 0) is 48.7 Å². The van der Waals surface area contributed by atoms with E-state index in [2.05, 4.69) is 16.0 Å². The topological polar surface area (TPSA) is 108 Å². The van der Waals surface area contributed by atoms with E-state index in [9.17, 15) is 22.4 Å². The summed E-state index contributed by atoms with van der Waals surface area (Å²) in [6.45, 7) is 0.883. The summed E-state index contributed by atoms with van der Waals surface area (Å²) in [5.74, 6) is -0.857. The number of sulfonamides is 1. The molecule has 2 aromatic carbocycles. The molecule has 0 spiro atoms. The normalized spacial score (nSPS) is 14.9. The van der Waals surface area contributed by atoms with Crippen molar-refractivity contribution in [3.8, 4) is 0 Å². The van der Waals surface area contributed by atoms with Crippen LogP contribution in [-0.4, -0.2) is 44.3 Å². The lowest BCUT2D eigenvalue weighted by molar-refractivity contribution is -0.115. The third kappa shape index (κ3) is 6.76. The molecule has 3 N–H and O–H groups in total. The van der Waals surface area contributed by atoms with E-state index in [0.717, 1.165) is 25.7 Å². The standard InChI is InChI=1S/C22H27FN4O4S/c23-18-10-8-17(9-11-18)15-24-22(29)25-16-21(28)26-19-6-5-7-20(14-19)32(30,31)27-12-3-1-2-4-13-27/h5-11,14H,1-4,12-13,15-16H2,(H,26,28)(H2,24,25,29). The highest BCUT2D eigenvalue weighted by Gasteiger charge is 2.25. The van der Waals surface area contributed by atoms with Crippen molar-refractivity contribution in [1.82, 2.24) is 14.9 Å². The van der Waals surface area contributed by atoms with Gasteiger partial charge in [-0.1, -0.05) is 31.0 Å². The molecule has 0 radical (unpaired) electrons. The summed E-state index contributed by atoms with van der Waals surface area (Å²) >= 11 is 0. The first kappa shape index (κ1) is 23.7. The molecule has 1 aliphatic heterocycles. The Labute approximate surface area is 187 Å². The third-order valence-electron chi connectivity index (χ3n) is 5.10. The molecule has 10 heteroatoms. The minimum Gasteiger partial charge on any atom is -0.334 e. The van der Waals surface area contributed by atoms with Crippen LogP contribution in [0.2, 0.25) is 0 Å². The SMILES string of the molecule is O=C(CNC(=O)NCc1ccc(F)cc1)Nc1cccc(S(=O)(=O)N2CCCCCC2)c1. The second-order valence-electron chi connectivity index (χ2n) is 7.56. The van der Waals surface area contributed by atoms with Gasteiger partial charge in [0.2, 0.25) is 15.9 Å². The number of anilines is 1. The van der Waals surface area contributed by atoms with Crippen LogP contribution in [0.4, 0.5) is 14.9 Å². The van der Waals surface area contributed by atoms with E-state index in [1.807, 2.05) is 0 Å². The highest BCUT2D eigenvalue weighted by molar-refractivity contribution is 7.89. The van der Waals surface area contributed by atoms with Crippen LogP contribution in [0.25, 0.3) is 0 Å². The van der Waals surface area contributed by atoms with Crippen LogP contribution in [0, 0.1) is 5.82 Å². The molecule has 0 atom stereocenters. The van der Waals surface area contributed by atoms with E-state index in [0.29, 0.717) is 24.3 Å². The number of benzene rings is 2. The smallest absolute Gasteiger partial charge is 0.315 e. The fourth-order valence-corrected chi connectivity index (χ4v) is 4.94. The highest BCUT2D eigenvalue weighted by Crippen LogP contribution is 2.22. The molecular formula is C22H27FN4O4S. The number of amides is 3. The maximum Gasteiger partial charge on any atom is 0.315 e. The largest absolute Gasteiger partial charge is 0.334 e. The van der Waals surface area contributed by atoms with Crippen LogP contribution < -0.4 is 16.0 Å². The van der Waals surface area contributed by atoms with Crippen molar-refractivity contribution in [2.45, 2.75) is 37.1 Å². The molecule has 32 heavy (non-hydrogen) atoms. The molecule has 1 fully saturated rings. The fraction of sp³-hybridized carbons (Fsp3) is 0.364. The van der Waals surface area contributed by atoms with Crippen molar-refractivity contribution < 1.29 is 22.4 Å². The van der Waals surface area contributed by atoms with Gasteiger partial charge < -0.3 is 16.0 Å². The molecule has 1 aliphatic rings. The van der Waals surface area contributed by atoms with E-state index in [1.165, 1.54) is 28.6 Å². The number of nitrogens with zero attached hydrogens (tertiary/aromatic N) is 1. The average molecular weight is 463 g/mol. The van der Waals surface area contributed by atoms with Crippen LogP contribution in [0.3, 0.4) is 0 Å². The summed E-state index contributed by atoms with van der Waals surface area (Å²) < 4.78 is 40.2. The first-order valence-electron chi connectivity index (χ1n) is 10.5. The van der Waals surface area contributed by atoms with Gasteiger partial charge in [0.1, 0.15) is 5.82 Å². The molecular weight excluding hydrogens is 435 g/mol. The average Bonchev–Trinajstić information content (AvgIpc) is 3.08. The number of carbonyl (C=O) groups is 2. The summed E-state index contributed by atoms with van der Waals surface area (Å²) in [7, 11) is -3.63. The van der Waals surface area contributed by atoms with E-state index in [-0.39, 0.29) is 23.8 Å². The van der Waals surface area contributed by atoms with Crippen LogP contribution in [0.1, 0.15) is 31.2 Å². The number of nitrogens with one attached hydrogen (secondary N) is 3. The summed E-state index contributed by atoms with van der Waals surface area (Å²) in [6.07, 6.45) is 3.72. The molecule has 3 rings (SSSR count). The van der Waals surface area contributed by atoms with Crippen molar-refractivity contribution in [3.05, 3.63) is 59.9 Å². The molecule has 0 unspecified atom stereocenters. The zero-order chi connectivity index (χ0) is 23.0.